The van der Waals surface area contributed by atoms with E-state index in [4.69, 9.17) is 15.4 Å². The lowest BCUT2D eigenvalue weighted by molar-refractivity contribution is 0.399. The molecule has 0 aliphatic heterocycles. The predicted molar refractivity (Wildman–Crippen MR) is 33.6 cm³/mol. The first-order chi connectivity index (χ1) is 4.06. The Morgan fingerprint density at radius 1 is 1.44 bits per heavy atom. The van der Waals surface area contributed by atoms with Gasteiger partial charge in [0, 0.05) is 13.7 Å². The second-order valence-electron chi connectivity index (χ2n) is 1.07. The van der Waals surface area contributed by atoms with E-state index in [1.54, 1.807) is 0 Å². The van der Waals surface area contributed by atoms with Gasteiger partial charge in [-0.25, -0.2) is 0 Å². The quantitative estimate of drug-likeness (QED) is 0.421. The average Bonchev–Trinajstić information content (AvgIpc) is 1.69. The Labute approximate surface area is 54.2 Å². The van der Waals surface area contributed by atoms with Crippen LogP contribution in [0.1, 0.15) is 0 Å². The molecule has 0 radical (unpaired) electrons. The van der Waals surface area contributed by atoms with Crippen molar-refractivity contribution in [3.05, 3.63) is 0 Å². The number of rotatable bonds is 2. The van der Waals surface area contributed by atoms with Gasteiger partial charge in [-0.05, 0) is 0 Å². The molecule has 0 spiro atoms. The molecule has 0 aromatic carbocycles. The van der Waals surface area contributed by atoms with Crippen molar-refractivity contribution in [1.82, 2.24) is 0 Å². The molecule has 0 rings (SSSR count). The molecule has 6 heteroatoms. The van der Waals surface area contributed by atoms with E-state index in [0.717, 1.165) is 7.11 Å². The average molecular weight is 157 g/mol. The smallest absolute Gasteiger partial charge is 0.266 e. The van der Waals surface area contributed by atoms with Gasteiger partial charge in [-0.3, -0.25) is 4.55 Å². The molecule has 0 aliphatic rings. The largest absolute Gasteiger partial charge is 0.400 e. The van der Waals surface area contributed by atoms with Crippen LogP contribution in [0.2, 0.25) is 0 Å². The summed E-state index contributed by atoms with van der Waals surface area (Å²) in [4.78, 5) is 0. The molecule has 0 unspecified atom stereocenters. The number of aliphatic hydroxyl groups is 1. The van der Waals surface area contributed by atoms with Gasteiger partial charge in [-0.2, -0.15) is 8.42 Å². The Kier molecular flexibility index (Phi) is 7.68. The summed E-state index contributed by atoms with van der Waals surface area (Å²) >= 11 is 0. The Bertz CT molecular complexity index is 129. The van der Waals surface area contributed by atoms with Gasteiger partial charge in [0.05, 0.1) is 5.75 Å². The number of hydrogen-bond donors (Lipinski definition) is 3. The first-order valence-electron chi connectivity index (χ1n) is 2.16. The van der Waals surface area contributed by atoms with Crippen molar-refractivity contribution >= 4 is 10.1 Å². The van der Waals surface area contributed by atoms with E-state index in [2.05, 4.69) is 0 Å². The fraction of sp³-hybridized carbons (Fsp3) is 1.00. The SMILES string of the molecule is CO.NCCS(=O)(=O)O. The van der Waals surface area contributed by atoms with Gasteiger partial charge in [-0.15, -0.1) is 0 Å². The summed E-state index contributed by atoms with van der Waals surface area (Å²) in [6.45, 7) is -0.0289. The molecular weight excluding hydrogens is 146 g/mol. The van der Waals surface area contributed by atoms with E-state index < -0.39 is 10.1 Å². The third-order valence-electron chi connectivity index (χ3n) is 0.376. The zero-order valence-corrected chi connectivity index (χ0v) is 5.93. The van der Waals surface area contributed by atoms with Gasteiger partial charge in [0.1, 0.15) is 0 Å². The minimum Gasteiger partial charge on any atom is -0.400 e. The molecule has 0 heterocycles. The highest BCUT2D eigenvalue weighted by atomic mass is 32.2. The maximum Gasteiger partial charge on any atom is 0.266 e. The molecule has 58 valence electrons. The minimum absolute atomic E-state index is 0.0289. The highest BCUT2D eigenvalue weighted by Crippen LogP contribution is 1.74. The number of aliphatic hydroxyl groups excluding tert-OH is 1. The minimum atomic E-state index is -3.80. The summed E-state index contributed by atoms with van der Waals surface area (Å²) in [5.41, 5.74) is 4.78. The predicted octanol–water partition coefficient (Wildman–Crippen LogP) is -1.56. The molecule has 5 nitrogen and oxygen atoms in total. The highest BCUT2D eigenvalue weighted by Gasteiger charge is 1.98. The summed E-state index contributed by atoms with van der Waals surface area (Å²) in [6, 6.07) is 0. The van der Waals surface area contributed by atoms with E-state index >= 15 is 0 Å². The monoisotopic (exact) mass is 157 g/mol. The zero-order valence-electron chi connectivity index (χ0n) is 5.11. The topological polar surface area (TPSA) is 101 Å². The first-order valence-corrected chi connectivity index (χ1v) is 3.77. The molecule has 0 amide bonds. The van der Waals surface area contributed by atoms with E-state index in [-0.39, 0.29) is 12.3 Å². The summed E-state index contributed by atoms with van der Waals surface area (Å²) in [7, 11) is -2.80. The maximum atomic E-state index is 9.71. The Morgan fingerprint density at radius 2 is 1.78 bits per heavy atom. The van der Waals surface area contributed by atoms with Crippen LogP contribution in [0.3, 0.4) is 0 Å². The molecule has 0 saturated carbocycles. The first kappa shape index (κ1) is 11.6. The van der Waals surface area contributed by atoms with Crippen molar-refractivity contribution in [2.75, 3.05) is 19.4 Å². The molecule has 0 fully saturated rings. The van der Waals surface area contributed by atoms with E-state index in [1.165, 1.54) is 0 Å². The fourth-order valence-corrected chi connectivity index (χ4v) is 0.447. The van der Waals surface area contributed by atoms with Crippen LogP contribution >= 0.6 is 0 Å². The Balaban J connectivity index is 0. The van der Waals surface area contributed by atoms with Gasteiger partial charge in [0.2, 0.25) is 0 Å². The normalized spacial score (nSPS) is 9.78. The van der Waals surface area contributed by atoms with Crippen molar-refractivity contribution in [3.8, 4) is 0 Å². The van der Waals surface area contributed by atoms with Crippen LogP contribution in [0.5, 0.6) is 0 Å². The molecule has 4 N–H and O–H groups in total. The summed E-state index contributed by atoms with van der Waals surface area (Å²) < 4.78 is 27.3. The second kappa shape index (κ2) is 5.96. The van der Waals surface area contributed by atoms with Crippen LogP contribution in [0, 0.1) is 0 Å². The standard InChI is InChI=1S/C2H7NO3S.CH4O/c3-1-2-7(4,5)6;1-2/h1-3H2,(H,4,5,6);2H,1H3. The van der Waals surface area contributed by atoms with Gasteiger partial charge in [-0.1, -0.05) is 0 Å². The Morgan fingerprint density at radius 3 is 1.78 bits per heavy atom. The molecule has 0 bridgehead atoms. The van der Waals surface area contributed by atoms with Gasteiger partial charge in [0.15, 0.2) is 0 Å². The fourth-order valence-electron chi connectivity index (χ4n) is 0.149. The Hall–Kier alpha value is -0.170. The molecule has 0 aromatic heterocycles. The maximum absolute atomic E-state index is 9.71. The summed E-state index contributed by atoms with van der Waals surface area (Å²) in [5, 5.41) is 7.00. The van der Waals surface area contributed by atoms with E-state index in [1.807, 2.05) is 0 Å². The third-order valence-corrected chi connectivity index (χ3v) is 1.13. The van der Waals surface area contributed by atoms with Gasteiger partial charge >= 0.3 is 0 Å². The molecule has 0 aliphatic carbocycles. The van der Waals surface area contributed by atoms with Crippen molar-refractivity contribution in [2.45, 2.75) is 0 Å². The molecule has 0 atom stereocenters. The van der Waals surface area contributed by atoms with Crippen molar-refractivity contribution in [1.29, 1.82) is 0 Å². The lowest BCUT2D eigenvalue weighted by atomic mass is 10.8. The van der Waals surface area contributed by atoms with Crippen molar-refractivity contribution < 1.29 is 18.1 Å². The molecule has 0 saturated heterocycles. The third kappa shape index (κ3) is 18.1. The van der Waals surface area contributed by atoms with Crippen molar-refractivity contribution in [2.24, 2.45) is 5.73 Å². The van der Waals surface area contributed by atoms with Crippen molar-refractivity contribution in [3.63, 3.8) is 0 Å². The lowest BCUT2D eigenvalue weighted by Gasteiger charge is -1.86. The molecule has 0 aromatic rings. The highest BCUT2D eigenvalue weighted by molar-refractivity contribution is 7.85. The van der Waals surface area contributed by atoms with Crippen LogP contribution in [0.4, 0.5) is 0 Å². The number of hydrogen-bond acceptors (Lipinski definition) is 4. The van der Waals surface area contributed by atoms with E-state index in [0.29, 0.717) is 0 Å². The van der Waals surface area contributed by atoms with E-state index in [9.17, 15) is 8.42 Å². The lowest BCUT2D eigenvalue weighted by Crippen LogP contribution is -2.13. The summed E-state index contributed by atoms with van der Waals surface area (Å²) in [6.07, 6.45) is 0. The van der Waals surface area contributed by atoms with Gasteiger partial charge < -0.3 is 10.8 Å². The molecule has 9 heavy (non-hydrogen) atoms. The van der Waals surface area contributed by atoms with Gasteiger partial charge in [0.25, 0.3) is 10.1 Å². The van der Waals surface area contributed by atoms with Crippen LogP contribution in [-0.2, 0) is 10.1 Å². The zero-order chi connectivity index (χ0) is 7.91. The number of nitrogens with two attached hydrogens (primary N) is 1. The molecular formula is C3H11NO4S. The van der Waals surface area contributed by atoms with Crippen LogP contribution in [-0.4, -0.2) is 37.5 Å². The van der Waals surface area contributed by atoms with Crippen LogP contribution in [0.15, 0.2) is 0 Å². The summed E-state index contributed by atoms with van der Waals surface area (Å²) in [5.74, 6) is -0.354. The van der Waals surface area contributed by atoms with Crippen LogP contribution in [0.25, 0.3) is 0 Å². The second-order valence-corrected chi connectivity index (χ2v) is 2.65. The van der Waals surface area contributed by atoms with Crippen LogP contribution < -0.4 is 5.73 Å².